The Morgan fingerprint density at radius 2 is 2.11 bits per heavy atom. The molecule has 1 saturated heterocycles. The number of aliphatic hydroxyl groups excluding tert-OH is 1. The van der Waals surface area contributed by atoms with Crippen molar-refractivity contribution in [3.05, 3.63) is 59.9 Å². The third-order valence-corrected chi connectivity index (χ3v) is 5.24. The molecule has 2 heterocycles. The molecular weight excluding hydrogens is 352 g/mol. The lowest BCUT2D eigenvalue weighted by Crippen LogP contribution is -2.33. The quantitative estimate of drug-likeness (QED) is 0.551. The van der Waals surface area contributed by atoms with Crippen LogP contribution >= 0.6 is 0 Å². The molecule has 1 atom stereocenters. The maximum absolute atomic E-state index is 12.6. The molecule has 6 nitrogen and oxygen atoms in total. The minimum absolute atomic E-state index is 0.0521. The number of likely N-dealkylation sites (tertiary alicyclic amines) is 1. The van der Waals surface area contributed by atoms with Gasteiger partial charge in [0, 0.05) is 37.2 Å². The number of carbonyl (C=O) groups is 1. The highest BCUT2D eigenvalue weighted by Gasteiger charge is 2.22. The second-order valence-electron chi connectivity index (χ2n) is 7.24. The summed E-state index contributed by atoms with van der Waals surface area (Å²) in [4.78, 5) is 19.1. The second-order valence-corrected chi connectivity index (χ2v) is 7.24. The number of unbranched alkanes of at least 4 members (excludes halogenated alkanes) is 1. The minimum Gasteiger partial charge on any atom is -0.395 e. The fourth-order valence-electron chi connectivity index (χ4n) is 3.67. The zero-order chi connectivity index (χ0) is 19.6. The maximum Gasteiger partial charge on any atom is 0.253 e. The van der Waals surface area contributed by atoms with E-state index in [4.69, 9.17) is 0 Å². The van der Waals surface area contributed by atoms with Crippen molar-refractivity contribution in [2.75, 3.05) is 31.6 Å². The van der Waals surface area contributed by atoms with Crippen LogP contribution in [-0.4, -0.2) is 53.2 Å². The van der Waals surface area contributed by atoms with Crippen molar-refractivity contribution in [2.24, 2.45) is 0 Å². The minimum atomic E-state index is -0.0521. The van der Waals surface area contributed by atoms with Crippen LogP contribution in [-0.2, 0) is 6.54 Å². The van der Waals surface area contributed by atoms with Crippen molar-refractivity contribution < 1.29 is 9.90 Å². The van der Waals surface area contributed by atoms with Crippen LogP contribution in [0.25, 0.3) is 0 Å². The number of nitrogens with zero attached hydrogens (tertiary/aromatic N) is 2. The van der Waals surface area contributed by atoms with Crippen molar-refractivity contribution in [3.8, 4) is 0 Å². The molecule has 1 unspecified atom stereocenters. The molecule has 0 bridgehead atoms. The lowest BCUT2D eigenvalue weighted by Gasteiger charge is -2.22. The van der Waals surface area contributed by atoms with Crippen LogP contribution in [0.4, 0.5) is 5.69 Å². The van der Waals surface area contributed by atoms with Crippen LogP contribution in [0.3, 0.4) is 0 Å². The van der Waals surface area contributed by atoms with E-state index in [0.29, 0.717) is 24.7 Å². The van der Waals surface area contributed by atoms with Crippen LogP contribution in [0, 0.1) is 0 Å². The molecule has 1 aromatic carbocycles. The molecule has 1 amide bonds. The first kappa shape index (κ1) is 20.3. The zero-order valence-corrected chi connectivity index (χ0v) is 16.3. The van der Waals surface area contributed by atoms with Crippen LogP contribution in [0.15, 0.2) is 48.8 Å². The molecule has 1 aromatic heterocycles. The van der Waals surface area contributed by atoms with E-state index in [-0.39, 0.29) is 12.5 Å². The fourth-order valence-corrected chi connectivity index (χ4v) is 3.67. The van der Waals surface area contributed by atoms with Gasteiger partial charge in [0.25, 0.3) is 5.91 Å². The number of aliphatic hydroxyl groups is 1. The largest absolute Gasteiger partial charge is 0.395 e. The first-order chi connectivity index (χ1) is 13.8. The number of amides is 1. The normalized spacial score (nSPS) is 16.8. The van der Waals surface area contributed by atoms with E-state index in [0.717, 1.165) is 43.6 Å². The number of hydrogen-bond donors (Lipinski definition) is 3. The Labute approximate surface area is 167 Å². The number of anilines is 1. The van der Waals surface area contributed by atoms with E-state index in [1.54, 1.807) is 6.20 Å². The first-order valence-corrected chi connectivity index (χ1v) is 10.1. The van der Waals surface area contributed by atoms with Gasteiger partial charge in [-0.2, -0.15) is 0 Å². The summed E-state index contributed by atoms with van der Waals surface area (Å²) in [6, 6.07) is 11.8. The number of hydrogen-bond acceptors (Lipinski definition) is 5. The summed E-state index contributed by atoms with van der Waals surface area (Å²) in [6.07, 6.45) is 7.79. The molecule has 3 rings (SSSR count). The van der Waals surface area contributed by atoms with Gasteiger partial charge in [0.15, 0.2) is 0 Å². The van der Waals surface area contributed by atoms with Crippen molar-refractivity contribution in [1.29, 1.82) is 0 Å². The van der Waals surface area contributed by atoms with Crippen molar-refractivity contribution >= 4 is 11.6 Å². The first-order valence-electron chi connectivity index (χ1n) is 10.1. The van der Waals surface area contributed by atoms with Gasteiger partial charge in [0.05, 0.1) is 12.2 Å². The molecule has 2 aromatic rings. The van der Waals surface area contributed by atoms with E-state index < -0.39 is 0 Å². The Balaban J connectivity index is 1.42. The molecule has 0 saturated carbocycles. The summed E-state index contributed by atoms with van der Waals surface area (Å²) in [5, 5.41) is 15.7. The molecule has 150 valence electrons. The van der Waals surface area contributed by atoms with Gasteiger partial charge in [-0.1, -0.05) is 18.2 Å². The molecule has 1 fully saturated rings. The van der Waals surface area contributed by atoms with Gasteiger partial charge in [-0.25, -0.2) is 0 Å². The summed E-state index contributed by atoms with van der Waals surface area (Å²) >= 11 is 0. The molecule has 0 radical (unpaired) electrons. The van der Waals surface area contributed by atoms with Gasteiger partial charge in [0.2, 0.25) is 0 Å². The average molecular weight is 383 g/mol. The van der Waals surface area contributed by atoms with Crippen LogP contribution in [0.1, 0.15) is 41.6 Å². The molecule has 1 aliphatic heterocycles. The monoisotopic (exact) mass is 382 g/mol. The Morgan fingerprint density at radius 1 is 1.21 bits per heavy atom. The Kier molecular flexibility index (Phi) is 7.82. The Hall–Kier alpha value is -2.44. The fraction of sp³-hybridized carbons (Fsp3) is 0.455. The van der Waals surface area contributed by atoms with E-state index >= 15 is 0 Å². The van der Waals surface area contributed by atoms with Crippen molar-refractivity contribution in [2.45, 2.75) is 38.3 Å². The van der Waals surface area contributed by atoms with Gasteiger partial charge in [0.1, 0.15) is 0 Å². The highest BCUT2D eigenvalue weighted by Crippen LogP contribution is 2.18. The van der Waals surface area contributed by atoms with E-state index in [2.05, 4.69) is 20.5 Å². The smallest absolute Gasteiger partial charge is 0.253 e. The molecule has 0 aliphatic carbocycles. The summed E-state index contributed by atoms with van der Waals surface area (Å²) in [5.41, 5.74) is 2.55. The van der Waals surface area contributed by atoms with Crippen LogP contribution in [0.2, 0.25) is 0 Å². The third-order valence-electron chi connectivity index (χ3n) is 5.24. The molecular formula is C22H30N4O2. The molecule has 6 heteroatoms. The second kappa shape index (κ2) is 10.8. The number of para-hydroxylation sites is 1. The highest BCUT2D eigenvalue weighted by atomic mass is 16.3. The number of carbonyl (C=O) groups excluding carboxylic acids is 1. The lowest BCUT2D eigenvalue weighted by atomic mass is 10.1. The highest BCUT2D eigenvalue weighted by molar-refractivity contribution is 5.99. The SMILES string of the molecule is O=C(NCCCCN1CCCC1CO)c1ccccc1NCc1cccnc1. The van der Waals surface area contributed by atoms with Crippen molar-refractivity contribution in [3.63, 3.8) is 0 Å². The summed E-state index contributed by atoms with van der Waals surface area (Å²) < 4.78 is 0. The van der Waals surface area contributed by atoms with Gasteiger partial charge in [-0.15, -0.1) is 0 Å². The summed E-state index contributed by atoms with van der Waals surface area (Å²) in [5.74, 6) is -0.0521. The average Bonchev–Trinajstić information content (AvgIpc) is 3.20. The molecule has 28 heavy (non-hydrogen) atoms. The number of nitrogens with one attached hydrogen (secondary N) is 2. The predicted molar refractivity (Wildman–Crippen MR) is 111 cm³/mol. The van der Waals surface area contributed by atoms with E-state index in [1.165, 1.54) is 6.42 Å². The lowest BCUT2D eigenvalue weighted by molar-refractivity contribution is 0.0953. The summed E-state index contributed by atoms with van der Waals surface area (Å²) in [7, 11) is 0. The molecule has 0 spiro atoms. The zero-order valence-electron chi connectivity index (χ0n) is 16.3. The van der Waals surface area contributed by atoms with E-state index in [9.17, 15) is 9.90 Å². The maximum atomic E-state index is 12.6. The van der Waals surface area contributed by atoms with Gasteiger partial charge in [-0.3, -0.25) is 14.7 Å². The number of benzene rings is 1. The van der Waals surface area contributed by atoms with Gasteiger partial charge < -0.3 is 15.7 Å². The number of pyridine rings is 1. The van der Waals surface area contributed by atoms with Crippen LogP contribution < -0.4 is 10.6 Å². The third kappa shape index (κ3) is 5.78. The standard InChI is InChI=1S/C22H30N4O2/c27-17-19-8-6-14-26(19)13-4-3-12-24-22(28)20-9-1-2-10-21(20)25-16-18-7-5-11-23-15-18/h1-2,5,7,9-11,15,19,25,27H,3-4,6,8,12-14,16-17H2,(H,24,28). The topological polar surface area (TPSA) is 77.5 Å². The predicted octanol–water partition coefficient (Wildman–Crippen LogP) is 2.66. The number of aromatic nitrogens is 1. The van der Waals surface area contributed by atoms with E-state index in [1.807, 2.05) is 42.6 Å². The molecule has 3 N–H and O–H groups in total. The van der Waals surface area contributed by atoms with Gasteiger partial charge in [-0.05, 0) is 62.5 Å². The summed E-state index contributed by atoms with van der Waals surface area (Å²) in [6.45, 7) is 3.60. The Bertz CT molecular complexity index is 738. The molecule has 1 aliphatic rings. The van der Waals surface area contributed by atoms with Gasteiger partial charge >= 0.3 is 0 Å². The van der Waals surface area contributed by atoms with Crippen molar-refractivity contribution in [1.82, 2.24) is 15.2 Å². The Morgan fingerprint density at radius 3 is 2.93 bits per heavy atom. The number of rotatable bonds is 10. The van der Waals surface area contributed by atoms with Crippen LogP contribution in [0.5, 0.6) is 0 Å².